The molecular formula is C25H24FN5O. The maximum absolute atomic E-state index is 14.1. The van der Waals surface area contributed by atoms with E-state index in [1.54, 1.807) is 24.4 Å². The van der Waals surface area contributed by atoms with Crippen molar-refractivity contribution in [3.63, 3.8) is 0 Å². The van der Waals surface area contributed by atoms with E-state index in [1.165, 1.54) is 24.5 Å². The van der Waals surface area contributed by atoms with Crippen molar-refractivity contribution < 1.29 is 8.91 Å². The van der Waals surface area contributed by atoms with Crippen LogP contribution in [-0.4, -0.2) is 26.3 Å². The average Bonchev–Trinajstić information content (AvgIpc) is 3.45. The SMILES string of the molecule is CCCCc1ccc(-c2cc(CN3Cc4nc(-c5ccccc5F)[nH]c4C=N3)on2)cc1. The van der Waals surface area contributed by atoms with E-state index < -0.39 is 0 Å². The number of hydrazone groups is 1. The number of aryl methyl sites for hydroxylation is 1. The molecule has 5 rings (SSSR count). The Kier molecular flexibility index (Phi) is 5.54. The fourth-order valence-electron chi connectivity index (χ4n) is 3.81. The maximum atomic E-state index is 14.1. The van der Waals surface area contributed by atoms with Crippen LogP contribution in [0.25, 0.3) is 22.6 Å². The molecule has 0 aliphatic carbocycles. The van der Waals surface area contributed by atoms with Gasteiger partial charge in [0.2, 0.25) is 0 Å². The number of H-pyrrole nitrogens is 1. The van der Waals surface area contributed by atoms with Crippen molar-refractivity contribution >= 4 is 6.21 Å². The molecule has 0 saturated heterocycles. The summed E-state index contributed by atoms with van der Waals surface area (Å²) >= 11 is 0. The van der Waals surface area contributed by atoms with Crippen LogP contribution in [0.2, 0.25) is 0 Å². The van der Waals surface area contributed by atoms with Gasteiger partial charge in [-0.25, -0.2) is 9.37 Å². The second-order valence-electron chi connectivity index (χ2n) is 7.97. The van der Waals surface area contributed by atoms with Gasteiger partial charge in [0.05, 0.1) is 36.3 Å². The summed E-state index contributed by atoms with van der Waals surface area (Å²) < 4.78 is 19.7. The summed E-state index contributed by atoms with van der Waals surface area (Å²) in [5.41, 5.74) is 5.24. The summed E-state index contributed by atoms with van der Waals surface area (Å²) in [5, 5.41) is 10.6. The minimum atomic E-state index is -0.306. The van der Waals surface area contributed by atoms with Crippen LogP contribution >= 0.6 is 0 Å². The highest BCUT2D eigenvalue weighted by Gasteiger charge is 2.20. The number of nitrogens with zero attached hydrogens (tertiary/aromatic N) is 4. The average molecular weight is 429 g/mol. The van der Waals surface area contributed by atoms with Gasteiger partial charge in [0.1, 0.15) is 17.3 Å². The molecule has 162 valence electrons. The molecule has 0 radical (unpaired) electrons. The van der Waals surface area contributed by atoms with Crippen molar-refractivity contribution in [2.45, 2.75) is 39.3 Å². The fourth-order valence-corrected chi connectivity index (χ4v) is 3.81. The smallest absolute Gasteiger partial charge is 0.158 e. The molecule has 4 aromatic rings. The molecule has 0 atom stereocenters. The number of hydrogen-bond donors (Lipinski definition) is 1. The fraction of sp³-hybridized carbons (Fsp3) is 0.240. The number of aromatic nitrogens is 3. The first-order valence-corrected chi connectivity index (χ1v) is 10.9. The van der Waals surface area contributed by atoms with Crippen LogP contribution in [0.4, 0.5) is 4.39 Å². The van der Waals surface area contributed by atoms with E-state index in [0.29, 0.717) is 24.5 Å². The molecule has 7 heteroatoms. The van der Waals surface area contributed by atoms with Gasteiger partial charge in [0, 0.05) is 11.6 Å². The highest BCUT2D eigenvalue weighted by molar-refractivity contribution is 5.80. The monoisotopic (exact) mass is 429 g/mol. The zero-order chi connectivity index (χ0) is 21.9. The number of hydrogen-bond acceptors (Lipinski definition) is 5. The first-order chi connectivity index (χ1) is 15.7. The Morgan fingerprint density at radius 1 is 1.12 bits per heavy atom. The molecule has 1 aliphatic heterocycles. The lowest BCUT2D eigenvalue weighted by molar-refractivity contribution is 0.229. The number of rotatable bonds is 7. The lowest BCUT2D eigenvalue weighted by Crippen LogP contribution is -2.21. The summed E-state index contributed by atoms with van der Waals surface area (Å²) in [6, 6.07) is 17.0. The highest BCUT2D eigenvalue weighted by Crippen LogP contribution is 2.25. The minimum absolute atomic E-state index is 0.306. The summed E-state index contributed by atoms with van der Waals surface area (Å²) in [5.74, 6) is 0.922. The van der Waals surface area contributed by atoms with Crippen molar-refractivity contribution in [2.75, 3.05) is 0 Å². The van der Waals surface area contributed by atoms with Gasteiger partial charge in [-0.1, -0.05) is 54.9 Å². The van der Waals surface area contributed by atoms with Crippen LogP contribution in [0.5, 0.6) is 0 Å². The third kappa shape index (κ3) is 4.19. The molecule has 0 unspecified atom stereocenters. The first kappa shape index (κ1) is 20.2. The number of imidazole rings is 1. The van der Waals surface area contributed by atoms with Crippen molar-refractivity contribution in [2.24, 2.45) is 5.10 Å². The molecule has 2 aromatic heterocycles. The Labute approximate surface area is 185 Å². The molecular weight excluding hydrogens is 405 g/mol. The molecule has 0 amide bonds. The standard InChI is InChI=1S/C25H24FN5O/c1-2-3-6-17-9-11-18(12-10-17)22-13-19(32-30-22)15-31-16-24-23(14-27-31)28-25(29-24)20-7-4-5-8-21(20)26/h4-5,7-14H,2-3,6,15-16H2,1H3,(H,28,29). The highest BCUT2D eigenvalue weighted by atomic mass is 19.1. The molecule has 3 heterocycles. The van der Waals surface area contributed by atoms with Crippen molar-refractivity contribution in [1.29, 1.82) is 0 Å². The molecule has 0 spiro atoms. The number of fused-ring (bicyclic) bond motifs is 1. The summed E-state index contributed by atoms with van der Waals surface area (Å²) in [6.45, 7) is 3.17. The number of nitrogens with one attached hydrogen (secondary N) is 1. The van der Waals surface area contributed by atoms with Crippen molar-refractivity contribution in [1.82, 2.24) is 20.1 Å². The second kappa shape index (κ2) is 8.78. The van der Waals surface area contributed by atoms with Gasteiger partial charge < -0.3 is 9.51 Å². The van der Waals surface area contributed by atoms with E-state index in [2.05, 4.69) is 51.4 Å². The number of halogens is 1. The Morgan fingerprint density at radius 2 is 1.97 bits per heavy atom. The second-order valence-corrected chi connectivity index (χ2v) is 7.97. The van der Waals surface area contributed by atoms with Crippen LogP contribution in [0.15, 0.2) is 64.2 Å². The Bertz CT molecular complexity index is 1240. The van der Waals surface area contributed by atoms with Gasteiger partial charge in [0.15, 0.2) is 5.76 Å². The van der Waals surface area contributed by atoms with Crippen molar-refractivity contribution in [3.05, 3.63) is 83.1 Å². The lowest BCUT2D eigenvalue weighted by atomic mass is 10.0. The molecule has 0 fully saturated rings. The predicted molar refractivity (Wildman–Crippen MR) is 121 cm³/mol. The Morgan fingerprint density at radius 3 is 2.78 bits per heavy atom. The van der Waals surface area contributed by atoms with E-state index >= 15 is 0 Å². The number of unbranched alkanes of at least 4 members (excludes halogenated alkanes) is 1. The molecule has 2 aromatic carbocycles. The van der Waals surface area contributed by atoms with Gasteiger partial charge >= 0.3 is 0 Å². The molecule has 1 aliphatic rings. The summed E-state index contributed by atoms with van der Waals surface area (Å²) in [7, 11) is 0. The summed E-state index contributed by atoms with van der Waals surface area (Å²) in [4.78, 5) is 7.74. The third-order valence-electron chi connectivity index (χ3n) is 5.59. The normalized spacial score (nSPS) is 12.9. The molecule has 1 N–H and O–H groups in total. The van der Waals surface area contributed by atoms with E-state index in [9.17, 15) is 4.39 Å². The van der Waals surface area contributed by atoms with E-state index in [1.807, 2.05) is 11.1 Å². The molecule has 32 heavy (non-hydrogen) atoms. The van der Waals surface area contributed by atoms with Crippen molar-refractivity contribution in [3.8, 4) is 22.6 Å². The van der Waals surface area contributed by atoms with E-state index in [-0.39, 0.29) is 5.82 Å². The van der Waals surface area contributed by atoms with Crippen LogP contribution in [-0.2, 0) is 19.5 Å². The maximum Gasteiger partial charge on any atom is 0.158 e. The first-order valence-electron chi connectivity index (χ1n) is 10.9. The van der Waals surface area contributed by atoms with Gasteiger partial charge in [-0.05, 0) is 30.5 Å². The zero-order valence-electron chi connectivity index (χ0n) is 17.9. The minimum Gasteiger partial charge on any atom is -0.359 e. The van der Waals surface area contributed by atoms with Gasteiger partial charge in [-0.15, -0.1) is 0 Å². The molecule has 0 bridgehead atoms. The van der Waals surface area contributed by atoms with Gasteiger partial charge in [-0.2, -0.15) is 5.10 Å². The number of benzene rings is 2. The lowest BCUT2D eigenvalue weighted by Gasteiger charge is -2.19. The predicted octanol–water partition coefficient (Wildman–Crippen LogP) is 5.56. The molecule has 0 saturated carbocycles. The van der Waals surface area contributed by atoms with Crippen LogP contribution in [0, 0.1) is 5.82 Å². The van der Waals surface area contributed by atoms with E-state index in [0.717, 1.165) is 34.8 Å². The molecule has 6 nitrogen and oxygen atoms in total. The van der Waals surface area contributed by atoms with Crippen LogP contribution < -0.4 is 0 Å². The van der Waals surface area contributed by atoms with Crippen LogP contribution in [0.1, 0.15) is 42.5 Å². The largest absolute Gasteiger partial charge is 0.359 e. The Hall–Kier alpha value is -3.74. The topological polar surface area (TPSA) is 70.3 Å². The van der Waals surface area contributed by atoms with Crippen LogP contribution in [0.3, 0.4) is 0 Å². The summed E-state index contributed by atoms with van der Waals surface area (Å²) in [6.07, 6.45) is 5.20. The Balaban J connectivity index is 1.26. The van der Waals surface area contributed by atoms with Gasteiger partial charge in [0.25, 0.3) is 0 Å². The van der Waals surface area contributed by atoms with Gasteiger partial charge in [-0.3, -0.25) is 5.01 Å². The number of aromatic amines is 1. The van der Waals surface area contributed by atoms with E-state index in [4.69, 9.17) is 4.52 Å². The quantitative estimate of drug-likeness (QED) is 0.417. The third-order valence-corrected chi connectivity index (χ3v) is 5.59. The zero-order valence-corrected chi connectivity index (χ0v) is 17.9.